The van der Waals surface area contributed by atoms with Gasteiger partial charge in [-0.05, 0) is 18.4 Å². The molecule has 2 amide bonds. The second-order valence-corrected chi connectivity index (χ2v) is 5.29. The highest BCUT2D eigenvalue weighted by Gasteiger charge is 2.48. The molecule has 0 aliphatic carbocycles. The smallest absolute Gasteiger partial charge is 0.345 e. The molecule has 2 aliphatic rings. The zero-order valence-electron chi connectivity index (χ0n) is 11.9. The third-order valence-corrected chi connectivity index (χ3v) is 4.01. The summed E-state index contributed by atoms with van der Waals surface area (Å²) < 4.78 is 4.76. The number of hydrogen-bond acceptors (Lipinski definition) is 4. The first kappa shape index (κ1) is 13.9. The molecule has 0 spiro atoms. The summed E-state index contributed by atoms with van der Waals surface area (Å²) in [6.45, 7) is 0.868. The summed E-state index contributed by atoms with van der Waals surface area (Å²) in [6.07, 6.45) is 1.37. The minimum atomic E-state index is -0.482. The lowest BCUT2D eigenvalue weighted by Crippen LogP contribution is -2.45. The second kappa shape index (κ2) is 5.73. The highest BCUT2D eigenvalue weighted by atomic mass is 16.7. The number of hydroxylamine groups is 2. The van der Waals surface area contributed by atoms with Gasteiger partial charge in [0.2, 0.25) is 0 Å². The molecular weight excluding hydrogens is 272 g/mol. The fourth-order valence-corrected chi connectivity index (χ4v) is 2.90. The van der Waals surface area contributed by atoms with Crippen molar-refractivity contribution in [3.05, 3.63) is 35.9 Å². The van der Waals surface area contributed by atoms with Gasteiger partial charge in [-0.2, -0.15) is 5.06 Å². The molecule has 2 saturated heterocycles. The lowest BCUT2D eigenvalue weighted by Gasteiger charge is -2.27. The Hall–Kier alpha value is -2.08. The maximum absolute atomic E-state index is 12.4. The predicted molar refractivity (Wildman–Crippen MR) is 74.0 cm³/mol. The third-order valence-electron chi connectivity index (χ3n) is 4.01. The summed E-state index contributed by atoms with van der Waals surface area (Å²) in [6, 6.07) is 8.98. The van der Waals surface area contributed by atoms with Crippen LogP contribution < -0.4 is 0 Å². The minimum absolute atomic E-state index is 0.0159. The SMILES string of the molecule is COC(=O)[C@@H]1CCC2CN1C(=O)N2OCc1ccccc1. The number of urea groups is 1. The van der Waals surface area contributed by atoms with Gasteiger partial charge in [-0.3, -0.25) is 4.84 Å². The number of esters is 1. The molecule has 2 bridgehead atoms. The van der Waals surface area contributed by atoms with Crippen LogP contribution in [0.4, 0.5) is 4.79 Å². The van der Waals surface area contributed by atoms with E-state index >= 15 is 0 Å². The van der Waals surface area contributed by atoms with Crippen LogP contribution in [0.25, 0.3) is 0 Å². The molecule has 0 N–H and O–H groups in total. The molecule has 6 nitrogen and oxygen atoms in total. The van der Waals surface area contributed by atoms with E-state index in [2.05, 4.69) is 0 Å². The number of amides is 2. The number of hydrogen-bond donors (Lipinski definition) is 0. The van der Waals surface area contributed by atoms with Crippen molar-refractivity contribution >= 4 is 12.0 Å². The van der Waals surface area contributed by atoms with Crippen LogP contribution in [0.3, 0.4) is 0 Å². The molecule has 0 radical (unpaired) electrons. The molecule has 2 heterocycles. The summed E-state index contributed by atoms with van der Waals surface area (Å²) in [5.41, 5.74) is 1.01. The Labute approximate surface area is 123 Å². The number of carbonyl (C=O) groups excluding carboxylic acids is 2. The number of ether oxygens (including phenoxy) is 1. The topological polar surface area (TPSA) is 59.1 Å². The van der Waals surface area contributed by atoms with Gasteiger partial charge in [0.15, 0.2) is 0 Å². The monoisotopic (exact) mass is 290 g/mol. The van der Waals surface area contributed by atoms with E-state index in [9.17, 15) is 9.59 Å². The molecule has 2 fully saturated rings. The van der Waals surface area contributed by atoms with Crippen molar-refractivity contribution in [2.24, 2.45) is 0 Å². The van der Waals surface area contributed by atoms with Crippen LogP contribution in [-0.2, 0) is 21.0 Å². The van der Waals surface area contributed by atoms with Crippen molar-refractivity contribution in [2.75, 3.05) is 13.7 Å². The molecule has 2 atom stereocenters. The van der Waals surface area contributed by atoms with Gasteiger partial charge in [-0.25, -0.2) is 9.59 Å². The maximum atomic E-state index is 12.4. The average molecular weight is 290 g/mol. The molecule has 112 valence electrons. The largest absolute Gasteiger partial charge is 0.467 e. The maximum Gasteiger partial charge on any atom is 0.345 e. The summed E-state index contributed by atoms with van der Waals surface area (Å²) in [7, 11) is 1.35. The van der Waals surface area contributed by atoms with Crippen molar-refractivity contribution in [1.29, 1.82) is 0 Å². The van der Waals surface area contributed by atoms with E-state index < -0.39 is 6.04 Å². The van der Waals surface area contributed by atoms with Crippen LogP contribution in [0.5, 0.6) is 0 Å². The van der Waals surface area contributed by atoms with E-state index in [1.807, 2.05) is 30.3 Å². The minimum Gasteiger partial charge on any atom is -0.467 e. The second-order valence-electron chi connectivity index (χ2n) is 5.29. The summed E-state index contributed by atoms with van der Waals surface area (Å²) >= 11 is 0. The highest BCUT2D eigenvalue weighted by molar-refractivity contribution is 5.85. The van der Waals surface area contributed by atoms with E-state index in [1.165, 1.54) is 12.2 Å². The van der Waals surface area contributed by atoms with Crippen molar-refractivity contribution in [2.45, 2.75) is 31.5 Å². The lowest BCUT2D eigenvalue weighted by molar-refractivity contribution is -0.146. The molecule has 21 heavy (non-hydrogen) atoms. The summed E-state index contributed by atoms with van der Waals surface area (Å²) in [5, 5.41) is 1.41. The fraction of sp³-hybridized carbons (Fsp3) is 0.467. The Bertz CT molecular complexity index is 534. The summed E-state index contributed by atoms with van der Waals surface area (Å²) in [4.78, 5) is 31.3. The number of fused-ring (bicyclic) bond motifs is 2. The van der Waals surface area contributed by atoms with Crippen molar-refractivity contribution in [3.8, 4) is 0 Å². The highest BCUT2D eigenvalue weighted by Crippen LogP contribution is 2.30. The Balaban J connectivity index is 1.66. The van der Waals surface area contributed by atoms with Gasteiger partial charge in [0.25, 0.3) is 0 Å². The number of piperidine rings is 1. The first-order valence-electron chi connectivity index (χ1n) is 7.05. The summed E-state index contributed by atoms with van der Waals surface area (Å²) in [5.74, 6) is -0.355. The van der Waals surface area contributed by atoms with E-state index in [4.69, 9.17) is 9.57 Å². The zero-order chi connectivity index (χ0) is 14.8. The van der Waals surface area contributed by atoms with Gasteiger partial charge < -0.3 is 9.64 Å². The van der Waals surface area contributed by atoms with E-state index in [0.717, 1.165) is 12.0 Å². The third kappa shape index (κ3) is 2.58. The van der Waals surface area contributed by atoms with Crippen molar-refractivity contribution in [1.82, 2.24) is 9.96 Å². The Kier molecular flexibility index (Phi) is 3.79. The molecular formula is C15H18N2O4. The van der Waals surface area contributed by atoms with Crippen LogP contribution in [0.15, 0.2) is 30.3 Å². The number of methoxy groups -OCH3 is 1. The fourth-order valence-electron chi connectivity index (χ4n) is 2.90. The van der Waals surface area contributed by atoms with Gasteiger partial charge in [-0.15, -0.1) is 0 Å². The normalized spacial score (nSPS) is 24.3. The lowest BCUT2D eigenvalue weighted by atomic mass is 10.0. The molecule has 1 unspecified atom stereocenters. The van der Waals surface area contributed by atoms with Gasteiger partial charge in [0.05, 0.1) is 13.2 Å². The molecule has 1 aromatic rings. The van der Waals surface area contributed by atoms with Gasteiger partial charge in [0, 0.05) is 6.54 Å². The quantitative estimate of drug-likeness (QED) is 0.790. The van der Waals surface area contributed by atoms with Gasteiger partial charge in [0.1, 0.15) is 12.6 Å². The predicted octanol–water partition coefficient (Wildman–Crippen LogP) is 1.56. The Morgan fingerprint density at radius 2 is 2.05 bits per heavy atom. The van der Waals surface area contributed by atoms with Crippen LogP contribution in [-0.4, -0.2) is 47.7 Å². The average Bonchev–Trinajstić information content (AvgIpc) is 2.77. The van der Waals surface area contributed by atoms with E-state index in [1.54, 1.807) is 4.90 Å². The molecule has 2 aliphatic heterocycles. The van der Waals surface area contributed by atoms with Crippen molar-refractivity contribution in [3.63, 3.8) is 0 Å². The molecule has 6 heteroatoms. The first-order chi connectivity index (χ1) is 10.2. The van der Waals surface area contributed by atoms with Crippen LogP contribution >= 0.6 is 0 Å². The van der Waals surface area contributed by atoms with E-state index in [-0.39, 0.29) is 18.0 Å². The van der Waals surface area contributed by atoms with Crippen LogP contribution in [0.1, 0.15) is 18.4 Å². The van der Waals surface area contributed by atoms with Crippen molar-refractivity contribution < 1.29 is 19.2 Å². The molecule has 0 saturated carbocycles. The van der Waals surface area contributed by atoms with Crippen LogP contribution in [0.2, 0.25) is 0 Å². The molecule has 1 aromatic carbocycles. The Morgan fingerprint density at radius 1 is 1.29 bits per heavy atom. The van der Waals surface area contributed by atoms with Gasteiger partial charge in [-0.1, -0.05) is 30.3 Å². The van der Waals surface area contributed by atoms with E-state index in [0.29, 0.717) is 19.6 Å². The number of rotatable bonds is 4. The number of nitrogens with zero attached hydrogens (tertiary/aromatic N) is 2. The first-order valence-corrected chi connectivity index (χ1v) is 7.05. The van der Waals surface area contributed by atoms with Gasteiger partial charge >= 0.3 is 12.0 Å². The standard InChI is InChI=1S/C15H18N2O4/c1-20-14(18)13-8-7-12-9-16(13)15(19)17(12)21-10-11-5-3-2-4-6-11/h2-6,12-13H,7-10H2,1H3/t12?,13-/m0/s1. The Morgan fingerprint density at radius 3 is 2.76 bits per heavy atom. The number of benzene rings is 1. The van der Waals surface area contributed by atoms with Crippen LogP contribution in [0, 0.1) is 0 Å². The molecule has 0 aromatic heterocycles. The zero-order valence-corrected chi connectivity index (χ0v) is 11.9. The number of carbonyl (C=O) groups is 2. The molecule has 3 rings (SSSR count).